The number of ether oxygens (including phenoxy) is 1. The Bertz CT molecular complexity index is 349. The summed E-state index contributed by atoms with van der Waals surface area (Å²) < 4.78 is 5.17. The van der Waals surface area contributed by atoms with Crippen molar-refractivity contribution in [2.24, 2.45) is 0 Å². The van der Waals surface area contributed by atoms with Crippen LogP contribution in [0.25, 0.3) is 0 Å². The summed E-state index contributed by atoms with van der Waals surface area (Å²) in [4.78, 5) is 0. The molecule has 0 saturated heterocycles. The number of alkyl halides is 1. The largest absolute Gasteiger partial charge is 0.497 e. The molecule has 76 valence electrons. The van der Waals surface area contributed by atoms with E-state index in [4.69, 9.17) is 27.9 Å². The van der Waals surface area contributed by atoms with Crippen molar-refractivity contribution in [1.29, 1.82) is 0 Å². The van der Waals surface area contributed by atoms with Crippen molar-refractivity contribution in [3.63, 3.8) is 0 Å². The van der Waals surface area contributed by atoms with Crippen molar-refractivity contribution in [2.45, 2.75) is 24.6 Å². The molecular formula is C11H12Cl2O. The molecule has 0 amide bonds. The molecule has 1 aromatic carbocycles. The molecular weight excluding hydrogens is 219 g/mol. The van der Waals surface area contributed by atoms with Crippen molar-refractivity contribution in [2.75, 3.05) is 7.11 Å². The van der Waals surface area contributed by atoms with E-state index in [2.05, 4.69) is 0 Å². The minimum atomic E-state index is 0.0892. The van der Waals surface area contributed by atoms with E-state index in [0.717, 1.165) is 35.6 Å². The first kappa shape index (κ1) is 10.1. The molecule has 0 bridgehead atoms. The highest BCUT2D eigenvalue weighted by Gasteiger charge is 2.21. The molecule has 0 aromatic heterocycles. The zero-order valence-corrected chi connectivity index (χ0v) is 9.53. The highest BCUT2D eigenvalue weighted by atomic mass is 35.5. The van der Waals surface area contributed by atoms with E-state index in [1.54, 1.807) is 7.11 Å². The average molecular weight is 231 g/mol. The molecule has 14 heavy (non-hydrogen) atoms. The van der Waals surface area contributed by atoms with Crippen molar-refractivity contribution >= 4 is 23.2 Å². The van der Waals surface area contributed by atoms with Crippen LogP contribution in [0.15, 0.2) is 12.1 Å². The monoisotopic (exact) mass is 230 g/mol. The lowest BCUT2D eigenvalue weighted by Crippen LogP contribution is -2.06. The van der Waals surface area contributed by atoms with Crippen LogP contribution in [0.1, 0.15) is 29.3 Å². The van der Waals surface area contributed by atoms with Crippen LogP contribution in [0.4, 0.5) is 0 Å². The van der Waals surface area contributed by atoms with E-state index in [1.807, 2.05) is 12.1 Å². The highest BCUT2D eigenvalue weighted by Crippen LogP contribution is 2.40. The number of fused-ring (bicyclic) bond motifs is 1. The van der Waals surface area contributed by atoms with Gasteiger partial charge in [0.05, 0.1) is 12.5 Å². The number of halogens is 2. The van der Waals surface area contributed by atoms with Gasteiger partial charge in [0.2, 0.25) is 0 Å². The van der Waals surface area contributed by atoms with Gasteiger partial charge in [-0.1, -0.05) is 11.6 Å². The molecule has 1 unspecified atom stereocenters. The van der Waals surface area contributed by atoms with E-state index in [1.165, 1.54) is 5.56 Å². The predicted octanol–water partition coefficient (Wildman–Crippen LogP) is 3.96. The van der Waals surface area contributed by atoms with Crippen LogP contribution in [0.5, 0.6) is 5.75 Å². The molecule has 1 atom stereocenters. The van der Waals surface area contributed by atoms with Gasteiger partial charge in [-0.3, -0.25) is 0 Å². The second kappa shape index (κ2) is 4.00. The smallest absolute Gasteiger partial charge is 0.120 e. The Morgan fingerprint density at radius 2 is 2.21 bits per heavy atom. The third-order valence-electron chi connectivity index (χ3n) is 2.66. The third-order valence-corrected chi connectivity index (χ3v) is 3.45. The first-order valence-corrected chi connectivity index (χ1v) is 5.54. The summed E-state index contributed by atoms with van der Waals surface area (Å²) in [6.45, 7) is 0. The molecule has 0 N–H and O–H groups in total. The Morgan fingerprint density at radius 3 is 2.93 bits per heavy atom. The lowest BCUT2D eigenvalue weighted by molar-refractivity contribution is 0.413. The van der Waals surface area contributed by atoms with E-state index >= 15 is 0 Å². The van der Waals surface area contributed by atoms with Crippen LogP contribution in [0.3, 0.4) is 0 Å². The van der Waals surface area contributed by atoms with Gasteiger partial charge in [-0.25, -0.2) is 0 Å². The Hall–Kier alpha value is -0.400. The predicted molar refractivity (Wildman–Crippen MR) is 59.5 cm³/mol. The van der Waals surface area contributed by atoms with Gasteiger partial charge in [-0.05, 0) is 42.5 Å². The maximum atomic E-state index is 6.23. The fraction of sp³-hybridized carbons (Fsp3) is 0.455. The third kappa shape index (κ3) is 1.71. The summed E-state index contributed by atoms with van der Waals surface area (Å²) in [5, 5.41) is 0.871. The number of hydrogen-bond acceptors (Lipinski definition) is 1. The molecule has 1 aliphatic rings. The van der Waals surface area contributed by atoms with E-state index < -0.39 is 0 Å². The van der Waals surface area contributed by atoms with Gasteiger partial charge >= 0.3 is 0 Å². The van der Waals surface area contributed by atoms with Gasteiger partial charge in [0, 0.05) is 5.02 Å². The van der Waals surface area contributed by atoms with E-state index in [-0.39, 0.29) is 5.38 Å². The molecule has 1 aliphatic carbocycles. The molecule has 0 saturated carbocycles. The summed E-state index contributed by atoms with van der Waals surface area (Å²) in [6.07, 6.45) is 3.17. The normalized spacial score (nSPS) is 20.4. The Morgan fingerprint density at radius 1 is 1.43 bits per heavy atom. The summed E-state index contributed by atoms with van der Waals surface area (Å²) in [7, 11) is 1.64. The minimum Gasteiger partial charge on any atom is -0.497 e. The fourth-order valence-electron chi connectivity index (χ4n) is 1.91. The summed E-state index contributed by atoms with van der Waals surface area (Å²) in [5.74, 6) is 0.793. The molecule has 0 radical (unpaired) electrons. The topological polar surface area (TPSA) is 9.23 Å². The number of methoxy groups -OCH3 is 1. The second-order valence-corrected chi connectivity index (χ2v) is 4.47. The van der Waals surface area contributed by atoms with Crippen LogP contribution >= 0.6 is 23.2 Å². The van der Waals surface area contributed by atoms with Crippen LogP contribution in [0.2, 0.25) is 5.02 Å². The second-order valence-electron chi connectivity index (χ2n) is 3.54. The first-order chi connectivity index (χ1) is 6.72. The zero-order chi connectivity index (χ0) is 10.1. The quantitative estimate of drug-likeness (QED) is 0.664. The standard InChI is InChI=1S/C11H12Cl2O/c1-14-7-5-9-8(11(13)6-7)3-2-4-10(9)12/h5-6,10H,2-4H2,1H3. The van der Waals surface area contributed by atoms with Gasteiger partial charge in [-0.2, -0.15) is 0 Å². The lowest BCUT2D eigenvalue weighted by atomic mass is 9.91. The van der Waals surface area contributed by atoms with Gasteiger partial charge < -0.3 is 4.74 Å². The van der Waals surface area contributed by atoms with Crippen molar-refractivity contribution in [3.8, 4) is 5.75 Å². The molecule has 0 heterocycles. The SMILES string of the molecule is COc1cc(Cl)c2c(c1)C(Cl)CCC2. The Kier molecular flexibility index (Phi) is 2.89. The number of rotatable bonds is 1. The maximum Gasteiger partial charge on any atom is 0.120 e. The zero-order valence-electron chi connectivity index (χ0n) is 8.02. The number of benzene rings is 1. The average Bonchev–Trinajstić information content (AvgIpc) is 2.19. The summed E-state index contributed by atoms with van der Waals surface area (Å²) in [6, 6.07) is 3.85. The van der Waals surface area contributed by atoms with Crippen molar-refractivity contribution < 1.29 is 4.74 Å². The molecule has 2 rings (SSSR count). The van der Waals surface area contributed by atoms with Gasteiger partial charge in [0.25, 0.3) is 0 Å². The van der Waals surface area contributed by atoms with E-state index in [9.17, 15) is 0 Å². The Labute approximate surface area is 94.0 Å². The van der Waals surface area contributed by atoms with Crippen LogP contribution < -0.4 is 4.74 Å². The molecule has 0 aliphatic heterocycles. The van der Waals surface area contributed by atoms with Crippen molar-refractivity contribution in [3.05, 3.63) is 28.3 Å². The summed E-state index contributed by atoms with van der Waals surface area (Å²) >= 11 is 12.4. The Balaban J connectivity index is 2.51. The fourth-order valence-corrected chi connectivity index (χ4v) is 2.57. The molecule has 0 spiro atoms. The molecule has 3 heteroatoms. The first-order valence-electron chi connectivity index (χ1n) is 4.72. The molecule has 1 aromatic rings. The number of hydrogen-bond donors (Lipinski definition) is 0. The van der Waals surface area contributed by atoms with Gasteiger partial charge in [0.1, 0.15) is 5.75 Å². The minimum absolute atomic E-state index is 0.0892. The van der Waals surface area contributed by atoms with Crippen LogP contribution in [-0.2, 0) is 6.42 Å². The maximum absolute atomic E-state index is 6.23. The van der Waals surface area contributed by atoms with Crippen LogP contribution in [0, 0.1) is 0 Å². The van der Waals surface area contributed by atoms with E-state index in [0.29, 0.717) is 0 Å². The van der Waals surface area contributed by atoms with Crippen molar-refractivity contribution in [1.82, 2.24) is 0 Å². The van der Waals surface area contributed by atoms with Gasteiger partial charge in [0.15, 0.2) is 0 Å². The summed E-state index contributed by atoms with van der Waals surface area (Å²) in [5.41, 5.74) is 2.33. The highest BCUT2D eigenvalue weighted by molar-refractivity contribution is 6.32. The van der Waals surface area contributed by atoms with Gasteiger partial charge in [-0.15, -0.1) is 11.6 Å². The lowest BCUT2D eigenvalue weighted by Gasteiger charge is -2.22. The van der Waals surface area contributed by atoms with Crippen LogP contribution in [-0.4, -0.2) is 7.11 Å². The molecule has 1 nitrogen and oxygen atoms in total. The molecule has 0 fully saturated rings.